The molecule has 1 unspecified atom stereocenters. The Morgan fingerprint density at radius 2 is 2.60 bits per heavy atom. The summed E-state index contributed by atoms with van der Waals surface area (Å²) in [5, 5.41) is 22.4. The van der Waals surface area contributed by atoms with Crippen LogP contribution >= 0.6 is 24.2 Å². The van der Waals surface area contributed by atoms with Crippen molar-refractivity contribution >= 4 is 41.8 Å². The second-order valence-electron chi connectivity index (χ2n) is 2.52. The lowest BCUT2D eigenvalue weighted by Gasteiger charge is -2.03. The number of nitriles is 1. The average molecular weight is 237 g/mol. The maximum Gasteiger partial charge on any atom is 0.157 e. The lowest BCUT2D eigenvalue weighted by atomic mass is 10.3. The van der Waals surface area contributed by atoms with Crippen LogP contribution in [0.15, 0.2) is 26.4 Å². The van der Waals surface area contributed by atoms with Crippen molar-refractivity contribution in [2.75, 3.05) is 0 Å². The van der Waals surface area contributed by atoms with Gasteiger partial charge in [-0.2, -0.15) is 5.26 Å². The minimum atomic E-state index is 0.115. The van der Waals surface area contributed by atoms with Crippen LogP contribution in [0.1, 0.15) is 6.42 Å². The smallest absolute Gasteiger partial charge is 0.157 e. The van der Waals surface area contributed by atoms with Crippen LogP contribution in [0.4, 0.5) is 0 Å². The summed E-state index contributed by atoms with van der Waals surface area (Å²) in [4.78, 5) is 0. The highest BCUT2D eigenvalue weighted by molar-refractivity contribution is 8.02. The van der Waals surface area contributed by atoms with Gasteiger partial charge in [0.2, 0.25) is 0 Å². The van der Waals surface area contributed by atoms with E-state index in [-0.39, 0.29) is 6.04 Å². The first-order valence-corrected chi connectivity index (χ1v) is 5.20. The molecule has 0 aromatic heterocycles. The predicted molar refractivity (Wildman–Crippen MR) is 64.8 cm³/mol. The van der Waals surface area contributed by atoms with Crippen molar-refractivity contribution in [2.24, 2.45) is 14.6 Å². The van der Waals surface area contributed by atoms with Crippen molar-refractivity contribution in [3.8, 4) is 5.40 Å². The first-order valence-electron chi connectivity index (χ1n) is 4.02. The van der Waals surface area contributed by atoms with E-state index in [4.69, 9.17) is 5.26 Å². The molecule has 0 fully saturated rings. The summed E-state index contributed by atoms with van der Waals surface area (Å²) in [6.45, 7) is 0. The van der Waals surface area contributed by atoms with E-state index >= 15 is 0 Å². The van der Waals surface area contributed by atoms with Gasteiger partial charge in [0.15, 0.2) is 5.40 Å². The number of nitrogens with zero attached hydrogens (tertiary/aromatic N) is 4. The SMILES string of the molecule is N#CS/N=C/C1CC=C(/C=N/N=C=S)N1. The fourth-order valence-corrected chi connectivity index (χ4v) is 1.32. The number of rotatable bonds is 4. The molecule has 1 aliphatic rings. The van der Waals surface area contributed by atoms with E-state index < -0.39 is 0 Å². The average Bonchev–Trinajstić information content (AvgIpc) is 2.67. The minimum absolute atomic E-state index is 0.115. The molecule has 1 heterocycles. The molecule has 0 amide bonds. The lowest BCUT2D eigenvalue weighted by Crippen LogP contribution is -2.24. The fraction of sp³-hybridized carbons (Fsp3) is 0.250. The van der Waals surface area contributed by atoms with Gasteiger partial charge in [0, 0.05) is 6.21 Å². The van der Waals surface area contributed by atoms with Crippen LogP contribution < -0.4 is 5.32 Å². The van der Waals surface area contributed by atoms with E-state index in [0.29, 0.717) is 0 Å². The van der Waals surface area contributed by atoms with Crippen molar-refractivity contribution in [1.82, 2.24) is 5.32 Å². The van der Waals surface area contributed by atoms with E-state index in [0.717, 1.165) is 24.1 Å². The summed E-state index contributed by atoms with van der Waals surface area (Å²) in [6.07, 6.45) is 6.03. The Morgan fingerprint density at radius 1 is 1.73 bits per heavy atom. The number of allylic oxidation sites excluding steroid dienone is 1. The van der Waals surface area contributed by atoms with Gasteiger partial charge in [0.25, 0.3) is 0 Å². The number of thiocarbonyl (C=S) groups is 1. The molecule has 0 saturated carbocycles. The quantitative estimate of drug-likeness (QED) is 0.264. The van der Waals surface area contributed by atoms with E-state index in [2.05, 4.69) is 37.3 Å². The topological polar surface area (TPSA) is 72.9 Å². The Labute approximate surface area is 96.8 Å². The Morgan fingerprint density at radius 3 is 3.33 bits per heavy atom. The van der Waals surface area contributed by atoms with Gasteiger partial charge in [-0.1, -0.05) is 11.2 Å². The van der Waals surface area contributed by atoms with Gasteiger partial charge in [-0.05, 0) is 18.6 Å². The summed E-state index contributed by atoms with van der Waals surface area (Å²) < 4.78 is 3.84. The monoisotopic (exact) mass is 237 g/mol. The number of hydrogen-bond donors (Lipinski definition) is 1. The Bertz CT molecular complexity index is 386. The lowest BCUT2D eigenvalue weighted by molar-refractivity contribution is 0.802. The second-order valence-corrected chi connectivity index (χ2v) is 3.28. The number of thiocyanates is 1. The summed E-state index contributed by atoms with van der Waals surface area (Å²) in [6, 6.07) is 0.115. The number of isothiocyanates is 1. The molecular weight excluding hydrogens is 230 g/mol. The normalized spacial score (nSPS) is 19.7. The Balaban J connectivity index is 2.37. The zero-order chi connectivity index (χ0) is 10.9. The zero-order valence-electron chi connectivity index (χ0n) is 7.62. The molecule has 0 aliphatic carbocycles. The largest absolute Gasteiger partial charge is 0.376 e. The van der Waals surface area contributed by atoms with Crippen LogP contribution in [0.5, 0.6) is 0 Å². The van der Waals surface area contributed by atoms with Gasteiger partial charge < -0.3 is 5.32 Å². The van der Waals surface area contributed by atoms with Crippen LogP contribution in [-0.4, -0.2) is 23.6 Å². The zero-order valence-corrected chi connectivity index (χ0v) is 9.25. The third kappa shape index (κ3) is 4.51. The molecule has 1 rings (SSSR count). The van der Waals surface area contributed by atoms with E-state index in [1.807, 2.05) is 11.5 Å². The van der Waals surface area contributed by atoms with Crippen molar-refractivity contribution in [3.05, 3.63) is 11.8 Å². The van der Waals surface area contributed by atoms with E-state index in [1.54, 1.807) is 12.4 Å². The molecule has 0 aromatic carbocycles. The number of nitrogens with one attached hydrogen (secondary N) is 1. The van der Waals surface area contributed by atoms with Gasteiger partial charge in [-0.15, -0.1) is 5.10 Å². The standard InChI is InChI=1S/C8H7N5S2/c9-5-15-12-4-8-2-1-7(13-8)3-10-11-6-14/h1,3-4,8,13H,2H2/b10-3+,12-4+. The van der Waals surface area contributed by atoms with Crippen molar-refractivity contribution in [2.45, 2.75) is 12.5 Å². The van der Waals surface area contributed by atoms with Gasteiger partial charge >= 0.3 is 0 Å². The van der Waals surface area contributed by atoms with Crippen LogP contribution in [0.2, 0.25) is 0 Å². The molecule has 0 saturated heterocycles. The Kier molecular flexibility index (Phi) is 5.33. The second kappa shape index (κ2) is 6.90. The fourth-order valence-electron chi connectivity index (χ4n) is 1.02. The number of hydrogen-bond acceptors (Lipinski definition) is 7. The van der Waals surface area contributed by atoms with E-state index in [9.17, 15) is 0 Å². The van der Waals surface area contributed by atoms with Gasteiger partial charge in [0.1, 0.15) is 0 Å². The summed E-state index contributed by atoms with van der Waals surface area (Å²) >= 11 is 5.21. The third-order valence-corrected chi connectivity index (χ3v) is 1.96. The molecule has 0 radical (unpaired) electrons. The summed E-state index contributed by atoms with van der Waals surface area (Å²) in [5.74, 6) is 0. The van der Waals surface area contributed by atoms with Crippen LogP contribution in [0.25, 0.3) is 0 Å². The molecule has 1 atom stereocenters. The van der Waals surface area contributed by atoms with Crippen molar-refractivity contribution in [1.29, 1.82) is 5.26 Å². The van der Waals surface area contributed by atoms with Crippen molar-refractivity contribution < 1.29 is 0 Å². The maximum atomic E-state index is 8.25. The molecule has 76 valence electrons. The molecule has 1 aliphatic heterocycles. The summed E-state index contributed by atoms with van der Waals surface area (Å²) in [7, 11) is 0. The molecule has 0 aromatic rings. The highest BCUT2D eigenvalue weighted by Crippen LogP contribution is 2.07. The maximum absolute atomic E-state index is 8.25. The molecule has 15 heavy (non-hydrogen) atoms. The highest BCUT2D eigenvalue weighted by Gasteiger charge is 2.11. The minimum Gasteiger partial charge on any atom is -0.376 e. The predicted octanol–water partition coefficient (Wildman–Crippen LogP) is 1.52. The van der Waals surface area contributed by atoms with E-state index in [1.165, 1.54) is 0 Å². The van der Waals surface area contributed by atoms with Gasteiger partial charge in [0.05, 0.1) is 35.1 Å². The van der Waals surface area contributed by atoms with Crippen LogP contribution in [0.3, 0.4) is 0 Å². The summed E-state index contributed by atoms with van der Waals surface area (Å²) in [5.41, 5.74) is 0.863. The van der Waals surface area contributed by atoms with Gasteiger partial charge in [-0.25, -0.2) is 4.40 Å². The van der Waals surface area contributed by atoms with Crippen LogP contribution in [-0.2, 0) is 0 Å². The molecule has 7 heteroatoms. The highest BCUT2D eigenvalue weighted by atomic mass is 32.2. The van der Waals surface area contributed by atoms with Crippen molar-refractivity contribution in [3.63, 3.8) is 0 Å². The molecule has 1 N–H and O–H groups in total. The first-order chi connectivity index (χ1) is 7.36. The Hall–Kier alpha value is -1.48. The van der Waals surface area contributed by atoms with Gasteiger partial charge in [-0.3, -0.25) is 0 Å². The molecule has 5 nitrogen and oxygen atoms in total. The molecular formula is C8H7N5S2. The van der Waals surface area contributed by atoms with Crippen LogP contribution in [0, 0.1) is 10.7 Å². The molecule has 0 spiro atoms. The first kappa shape index (κ1) is 11.6. The molecule has 0 bridgehead atoms. The third-order valence-electron chi connectivity index (χ3n) is 1.57.